The largest absolute Gasteiger partial charge is 0.489 e. The van der Waals surface area contributed by atoms with Crippen LogP contribution < -0.4 is 10.5 Å². The number of ether oxygens (including phenoxy) is 1. The molecule has 1 fully saturated rings. The zero-order valence-corrected chi connectivity index (χ0v) is 13.4. The van der Waals surface area contributed by atoms with Crippen LogP contribution in [0, 0.1) is 11.3 Å². The summed E-state index contributed by atoms with van der Waals surface area (Å²) in [5, 5.41) is 0. The summed E-state index contributed by atoms with van der Waals surface area (Å²) in [5.74, 6) is 1.67. The minimum atomic E-state index is 0.153. The first-order chi connectivity index (χ1) is 9.40. The Balaban J connectivity index is 2.06. The summed E-state index contributed by atoms with van der Waals surface area (Å²) in [6.45, 7) is 9.14. The van der Waals surface area contributed by atoms with Crippen LogP contribution in [0.15, 0.2) is 24.3 Å². The van der Waals surface area contributed by atoms with Gasteiger partial charge in [0.05, 0.1) is 0 Å². The topological polar surface area (TPSA) is 35.2 Å². The van der Waals surface area contributed by atoms with Crippen LogP contribution in [0.25, 0.3) is 0 Å². The zero-order chi connectivity index (χ0) is 14.8. The Bertz CT molecular complexity index is 435. The third-order valence-corrected chi connectivity index (χ3v) is 4.66. The molecule has 0 radical (unpaired) electrons. The molecule has 2 rings (SSSR count). The van der Waals surface area contributed by atoms with E-state index in [2.05, 4.69) is 45.9 Å². The highest BCUT2D eigenvalue weighted by Gasteiger charge is 2.35. The van der Waals surface area contributed by atoms with Gasteiger partial charge in [0, 0.05) is 6.04 Å². The Morgan fingerprint density at radius 2 is 2.00 bits per heavy atom. The molecule has 3 unspecified atom stereocenters. The van der Waals surface area contributed by atoms with Gasteiger partial charge < -0.3 is 10.5 Å². The van der Waals surface area contributed by atoms with Gasteiger partial charge in [-0.3, -0.25) is 0 Å². The van der Waals surface area contributed by atoms with Gasteiger partial charge in [-0.05, 0) is 54.7 Å². The van der Waals surface area contributed by atoms with Gasteiger partial charge in [-0.15, -0.1) is 0 Å². The van der Waals surface area contributed by atoms with Crippen LogP contribution in [0.2, 0.25) is 0 Å². The number of hydrogen-bond donors (Lipinski definition) is 1. The van der Waals surface area contributed by atoms with Crippen LogP contribution in [-0.2, 0) is 6.42 Å². The Labute approximate surface area is 123 Å². The highest BCUT2D eigenvalue weighted by molar-refractivity contribution is 5.28. The van der Waals surface area contributed by atoms with E-state index in [4.69, 9.17) is 10.5 Å². The molecule has 1 aliphatic carbocycles. The van der Waals surface area contributed by atoms with E-state index in [0.717, 1.165) is 25.0 Å². The summed E-state index contributed by atoms with van der Waals surface area (Å²) < 4.78 is 6.21. The Kier molecular flexibility index (Phi) is 4.74. The molecule has 2 heteroatoms. The summed E-state index contributed by atoms with van der Waals surface area (Å²) in [5.41, 5.74) is 7.94. The number of aryl methyl sites for hydroxylation is 1. The van der Waals surface area contributed by atoms with Crippen molar-refractivity contribution in [2.45, 2.75) is 65.5 Å². The molecular formula is C18H29NO. The smallest absolute Gasteiger partial charge is 0.120 e. The molecule has 1 aliphatic rings. The molecular weight excluding hydrogens is 246 g/mol. The number of nitrogens with two attached hydrogens (primary N) is 1. The fraction of sp³-hybridized carbons (Fsp3) is 0.667. The van der Waals surface area contributed by atoms with E-state index in [-0.39, 0.29) is 12.1 Å². The summed E-state index contributed by atoms with van der Waals surface area (Å²) in [7, 11) is 0. The summed E-state index contributed by atoms with van der Waals surface area (Å²) in [6.07, 6.45) is 4.55. The molecule has 0 amide bonds. The molecule has 112 valence electrons. The maximum atomic E-state index is 6.28. The molecule has 0 bridgehead atoms. The summed E-state index contributed by atoms with van der Waals surface area (Å²) in [4.78, 5) is 0. The van der Waals surface area contributed by atoms with Crippen LogP contribution in [0.3, 0.4) is 0 Å². The second-order valence-corrected chi connectivity index (χ2v) is 7.20. The monoisotopic (exact) mass is 275 g/mol. The average molecular weight is 275 g/mol. The Hall–Kier alpha value is -1.02. The lowest BCUT2D eigenvalue weighted by atomic mass is 9.70. The van der Waals surface area contributed by atoms with Crippen LogP contribution in [0.1, 0.15) is 52.5 Å². The SMILES string of the molecule is CCc1cccc(OC2CC(C(C)(C)C)CCC2N)c1. The second kappa shape index (κ2) is 6.17. The third kappa shape index (κ3) is 3.76. The third-order valence-electron chi connectivity index (χ3n) is 4.66. The van der Waals surface area contributed by atoms with E-state index >= 15 is 0 Å². The molecule has 0 aliphatic heterocycles. The van der Waals surface area contributed by atoms with Gasteiger partial charge in [0.2, 0.25) is 0 Å². The molecule has 2 N–H and O–H groups in total. The molecule has 20 heavy (non-hydrogen) atoms. The Morgan fingerprint density at radius 1 is 1.25 bits per heavy atom. The Morgan fingerprint density at radius 3 is 2.65 bits per heavy atom. The lowest BCUT2D eigenvalue weighted by Gasteiger charge is -2.40. The van der Waals surface area contributed by atoms with Crippen molar-refractivity contribution < 1.29 is 4.74 Å². The minimum Gasteiger partial charge on any atom is -0.489 e. The standard InChI is InChI=1S/C18H29NO/c1-5-13-7-6-8-15(11-13)20-17-12-14(18(2,3)4)9-10-16(17)19/h6-8,11,14,16-17H,5,9-10,12,19H2,1-4H3. The van der Waals surface area contributed by atoms with Gasteiger partial charge in [-0.1, -0.05) is 39.8 Å². The van der Waals surface area contributed by atoms with Crippen molar-refractivity contribution in [2.24, 2.45) is 17.1 Å². The predicted octanol–water partition coefficient (Wildman–Crippen LogP) is 4.17. The number of benzene rings is 1. The van der Waals surface area contributed by atoms with Crippen LogP contribution in [-0.4, -0.2) is 12.1 Å². The summed E-state index contributed by atoms with van der Waals surface area (Å²) in [6, 6.07) is 8.58. The number of hydrogen-bond acceptors (Lipinski definition) is 2. The van der Waals surface area contributed by atoms with E-state index in [1.807, 2.05) is 6.07 Å². The van der Waals surface area contributed by atoms with Gasteiger partial charge in [-0.2, -0.15) is 0 Å². The zero-order valence-electron chi connectivity index (χ0n) is 13.4. The lowest BCUT2D eigenvalue weighted by Crippen LogP contribution is -2.46. The molecule has 3 atom stereocenters. The molecule has 1 aromatic rings. The van der Waals surface area contributed by atoms with Crippen molar-refractivity contribution in [1.82, 2.24) is 0 Å². The van der Waals surface area contributed by atoms with E-state index in [9.17, 15) is 0 Å². The predicted molar refractivity (Wildman–Crippen MR) is 85.0 cm³/mol. The molecule has 0 spiro atoms. The van der Waals surface area contributed by atoms with Crippen molar-refractivity contribution in [3.8, 4) is 5.75 Å². The normalized spacial score (nSPS) is 27.4. The highest BCUT2D eigenvalue weighted by atomic mass is 16.5. The fourth-order valence-electron chi connectivity index (χ4n) is 3.09. The fourth-order valence-corrected chi connectivity index (χ4v) is 3.09. The van der Waals surface area contributed by atoms with Crippen molar-refractivity contribution in [2.75, 3.05) is 0 Å². The first kappa shape index (κ1) is 15.4. The van der Waals surface area contributed by atoms with Gasteiger partial charge in [0.15, 0.2) is 0 Å². The van der Waals surface area contributed by atoms with E-state index in [0.29, 0.717) is 11.3 Å². The molecule has 1 aromatic carbocycles. The molecule has 0 heterocycles. The van der Waals surface area contributed by atoms with Gasteiger partial charge in [0.25, 0.3) is 0 Å². The molecule has 0 aromatic heterocycles. The molecule has 1 saturated carbocycles. The maximum absolute atomic E-state index is 6.28. The van der Waals surface area contributed by atoms with Crippen LogP contribution in [0.5, 0.6) is 5.75 Å². The van der Waals surface area contributed by atoms with Crippen molar-refractivity contribution in [1.29, 1.82) is 0 Å². The number of rotatable bonds is 3. The van der Waals surface area contributed by atoms with Crippen LogP contribution >= 0.6 is 0 Å². The van der Waals surface area contributed by atoms with Gasteiger partial charge >= 0.3 is 0 Å². The molecule has 0 saturated heterocycles. The highest BCUT2D eigenvalue weighted by Crippen LogP contribution is 2.38. The van der Waals surface area contributed by atoms with Crippen molar-refractivity contribution >= 4 is 0 Å². The van der Waals surface area contributed by atoms with Crippen LogP contribution in [0.4, 0.5) is 0 Å². The van der Waals surface area contributed by atoms with Crippen molar-refractivity contribution in [3.63, 3.8) is 0 Å². The quantitative estimate of drug-likeness (QED) is 0.898. The van der Waals surface area contributed by atoms with E-state index < -0.39 is 0 Å². The van der Waals surface area contributed by atoms with Crippen molar-refractivity contribution in [3.05, 3.63) is 29.8 Å². The van der Waals surface area contributed by atoms with E-state index in [1.54, 1.807) is 0 Å². The first-order valence-electron chi connectivity index (χ1n) is 7.91. The summed E-state index contributed by atoms with van der Waals surface area (Å²) >= 11 is 0. The second-order valence-electron chi connectivity index (χ2n) is 7.20. The van der Waals surface area contributed by atoms with Gasteiger partial charge in [-0.25, -0.2) is 0 Å². The lowest BCUT2D eigenvalue weighted by molar-refractivity contribution is 0.0591. The minimum absolute atomic E-state index is 0.153. The maximum Gasteiger partial charge on any atom is 0.120 e. The van der Waals surface area contributed by atoms with Gasteiger partial charge in [0.1, 0.15) is 11.9 Å². The molecule has 2 nitrogen and oxygen atoms in total. The van der Waals surface area contributed by atoms with E-state index in [1.165, 1.54) is 12.0 Å². The average Bonchev–Trinajstić information content (AvgIpc) is 2.40. The first-order valence-corrected chi connectivity index (χ1v) is 7.91.